The van der Waals surface area contributed by atoms with Crippen LogP contribution in [0.4, 0.5) is 0 Å². The predicted molar refractivity (Wildman–Crippen MR) is 105 cm³/mol. The van der Waals surface area contributed by atoms with Crippen molar-refractivity contribution in [1.82, 2.24) is 4.81 Å². The second-order valence-corrected chi connectivity index (χ2v) is 7.38. The summed E-state index contributed by atoms with van der Waals surface area (Å²) < 4.78 is 0. The van der Waals surface area contributed by atoms with Crippen LogP contribution in [-0.2, 0) is 0 Å². The standard InChI is InChI=1S/C22H28BN/c1-17(2)24(18(3)4)23-21(19-11-7-5-8-12-19)15-16-22(23)20-13-9-6-10-14-20/h5-18,21-22H,1-4H3/t21-,22-/m1/s1. The van der Waals surface area contributed by atoms with Crippen LogP contribution in [0.15, 0.2) is 72.8 Å². The Labute approximate surface area is 147 Å². The van der Waals surface area contributed by atoms with Gasteiger partial charge in [-0.15, -0.1) is 0 Å². The second-order valence-electron chi connectivity index (χ2n) is 7.38. The summed E-state index contributed by atoms with van der Waals surface area (Å²) in [5, 5.41) is 0. The molecule has 1 heterocycles. The molecule has 124 valence electrons. The van der Waals surface area contributed by atoms with Crippen molar-refractivity contribution >= 4 is 6.85 Å². The third-order valence-electron chi connectivity index (χ3n) is 5.17. The van der Waals surface area contributed by atoms with Crippen molar-refractivity contribution in [1.29, 1.82) is 0 Å². The van der Waals surface area contributed by atoms with Gasteiger partial charge in [0.05, 0.1) is 0 Å². The molecule has 2 aromatic rings. The molecular weight excluding hydrogens is 289 g/mol. The van der Waals surface area contributed by atoms with Gasteiger partial charge in [0.2, 0.25) is 6.85 Å². The number of benzene rings is 2. The van der Waals surface area contributed by atoms with Crippen molar-refractivity contribution in [2.75, 3.05) is 0 Å². The lowest BCUT2D eigenvalue weighted by Gasteiger charge is -2.40. The number of rotatable bonds is 5. The molecule has 0 fully saturated rings. The van der Waals surface area contributed by atoms with Gasteiger partial charge in [-0.2, -0.15) is 0 Å². The van der Waals surface area contributed by atoms with Gasteiger partial charge in [0.15, 0.2) is 0 Å². The van der Waals surface area contributed by atoms with Gasteiger partial charge in [-0.1, -0.05) is 101 Å². The molecule has 0 amide bonds. The van der Waals surface area contributed by atoms with Crippen LogP contribution in [0.1, 0.15) is 50.5 Å². The average Bonchev–Trinajstić information content (AvgIpc) is 3.00. The van der Waals surface area contributed by atoms with E-state index in [1.165, 1.54) is 11.1 Å². The van der Waals surface area contributed by atoms with E-state index in [-0.39, 0.29) is 0 Å². The molecule has 1 nitrogen and oxygen atoms in total. The molecule has 2 atom stereocenters. The van der Waals surface area contributed by atoms with Gasteiger partial charge < -0.3 is 4.81 Å². The molecule has 1 aliphatic rings. The zero-order valence-corrected chi connectivity index (χ0v) is 15.3. The summed E-state index contributed by atoms with van der Waals surface area (Å²) in [7, 11) is 0. The minimum absolute atomic E-state index is 0.446. The lowest BCUT2D eigenvalue weighted by atomic mass is 9.41. The molecule has 0 N–H and O–H groups in total. The van der Waals surface area contributed by atoms with Crippen molar-refractivity contribution in [3.05, 3.63) is 83.9 Å². The highest BCUT2D eigenvalue weighted by Crippen LogP contribution is 2.40. The van der Waals surface area contributed by atoms with Crippen LogP contribution in [0.5, 0.6) is 0 Å². The van der Waals surface area contributed by atoms with E-state index in [2.05, 4.69) is 105 Å². The van der Waals surface area contributed by atoms with Crippen molar-refractivity contribution in [2.24, 2.45) is 0 Å². The van der Waals surface area contributed by atoms with Crippen LogP contribution in [0, 0.1) is 0 Å². The maximum absolute atomic E-state index is 2.69. The fourth-order valence-corrected chi connectivity index (χ4v) is 4.31. The molecular formula is C22H28BN. The van der Waals surface area contributed by atoms with E-state index in [1.807, 2.05) is 0 Å². The number of allylic oxidation sites excluding steroid dienone is 2. The van der Waals surface area contributed by atoms with E-state index in [9.17, 15) is 0 Å². The number of nitrogens with zero attached hydrogens (tertiary/aromatic N) is 1. The molecule has 0 aromatic heterocycles. The molecule has 2 aromatic carbocycles. The van der Waals surface area contributed by atoms with Crippen molar-refractivity contribution < 1.29 is 0 Å². The Morgan fingerprint density at radius 2 is 1.04 bits per heavy atom. The fraction of sp³-hybridized carbons (Fsp3) is 0.364. The van der Waals surface area contributed by atoms with Gasteiger partial charge in [0, 0.05) is 0 Å². The highest BCUT2D eigenvalue weighted by Gasteiger charge is 2.43. The van der Waals surface area contributed by atoms with Gasteiger partial charge in [-0.25, -0.2) is 0 Å². The number of hydrogen-bond acceptors (Lipinski definition) is 1. The summed E-state index contributed by atoms with van der Waals surface area (Å²) in [6.07, 6.45) is 4.85. The van der Waals surface area contributed by atoms with Crippen LogP contribution in [0.25, 0.3) is 0 Å². The van der Waals surface area contributed by atoms with E-state index in [4.69, 9.17) is 0 Å². The highest BCUT2D eigenvalue weighted by molar-refractivity contribution is 6.61. The first-order valence-electron chi connectivity index (χ1n) is 9.15. The van der Waals surface area contributed by atoms with Crippen LogP contribution < -0.4 is 0 Å². The van der Waals surface area contributed by atoms with Gasteiger partial charge in [-0.05, 0) is 34.8 Å². The average molecular weight is 317 g/mol. The van der Waals surface area contributed by atoms with Crippen molar-refractivity contribution in [3.63, 3.8) is 0 Å². The third kappa shape index (κ3) is 3.34. The Balaban J connectivity index is 2.03. The SMILES string of the molecule is CC(C)N(B1[C@@H](c2ccccc2)C=C[C@@H]1c1ccccc1)C(C)C. The zero-order valence-electron chi connectivity index (χ0n) is 15.3. The minimum atomic E-state index is 0.446. The molecule has 0 spiro atoms. The lowest BCUT2D eigenvalue weighted by Crippen LogP contribution is -2.52. The molecule has 1 aliphatic heterocycles. The summed E-state index contributed by atoms with van der Waals surface area (Å²) >= 11 is 0. The smallest absolute Gasteiger partial charge is 0.247 e. The molecule has 24 heavy (non-hydrogen) atoms. The maximum atomic E-state index is 2.69. The Bertz CT molecular complexity index is 605. The lowest BCUT2D eigenvalue weighted by molar-refractivity contribution is 0.297. The topological polar surface area (TPSA) is 3.24 Å². The maximum Gasteiger partial charge on any atom is 0.247 e. The summed E-state index contributed by atoms with van der Waals surface area (Å²) in [6.45, 7) is 9.75. The minimum Gasteiger partial charge on any atom is -0.336 e. The van der Waals surface area contributed by atoms with Gasteiger partial charge in [-0.3, -0.25) is 0 Å². The molecule has 0 radical (unpaired) electrons. The largest absolute Gasteiger partial charge is 0.336 e. The van der Waals surface area contributed by atoms with E-state index in [1.54, 1.807) is 0 Å². The Kier molecular flexibility index (Phi) is 5.25. The normalized spacial score (nSPS) is 20.5. The van der Waals surface area contributed by atoms with E-state index >= 15 is 0 Å². The van der Waals surface area contributed by atoms with Crippen LogP contribution in [0.3, 0.4) is 0 Å². The number of hydrogen-bond donors (Lipinski definition) is 0. The molecule has 0 bridgehead atoms. The molecule has 3 rings (SSSR count). The van der Waals surface area contributed by atoms with Gasteiger partial charge in [0.1, 0.15) is 0 Å². The summed E-state index contributed by atoms with van der Waals surface area (Å²) in [4.78, 5) is 2.69. The Hall–Kier alpha value is -1.80. The van der Waals surface area contributed by atoms with Gasteiger partial charge in [0.25, 0.3) is 0 Å². The summed E-state index contributed by atoms with van der Waals surface area (Å²) in [6, 6.07) is 23.0. The Morgan fingerprint density at radius 3 is 1.38 bits per heavy atom. The van der Waals surface area contributed by atoms with E-state index in [0.29, 0.717) is 30.6 Å². The first-order valence-corrected chi connectivity index (χ1v) is 9.15. The third-order valence-corrected chi connectivity index (χ3v) is 5.17. The first kappa shape index (κ1) is 17.0. The van der Waals surface area contributed by atoms with Crippen molar-refractivity contribution in [2.45, 2.75) is 51.4 Å². The summed E-state index contributed by atoms with van der Waals surface area (Å²) in [5.74, 6) is 0.891. The summed E-state index contributed by atoms with van der Waals surface area (Å²) in [5.41, 5.74) is 2.84. The fourth-order valence-electron chi connectivity index (χ4n) is 4.31. The van der Waals surface area contributed by atoms with Crippen LogP contribution >= 0.6 is 0 Å². The zero-order chi connectivity index (χ0) is 17.1. The molecule has 0 saturated heterocycles. The van der Waals surface area contributed by atoms with E-state index < -0.39 is 0 Å². The first-order chi connectivity index (χ1) is 11.6. The van der Waals surface area contributed by atoms with Crippen LogP contribution in [0.2, 0.25) is 0 Å². The molecule has 0 saturated carbocycles. The quantitative estimate of drug-likeness (QED) is 0.533. The second kappa shape index (κ2) is 7.40. The van der Waals surface area contributed by atoms with Crippen molar-refractivity contribution in [3.8, 4) is 0 Å². The van der Waals surface area contributed by atoms with E-state index in [0.717, 1.165) is 0 Å². The monoisotopic (exact) mass is 317 g/mol. The highest BCUT2D eigenvalue weighted by atomic mass is 15.1. The van der Waals surface area contributed by atoms with Gasteiger partial charge >= 0.3 is 0 Å². The Morgan fingerprint density at radius 1 is 0.667 bits per heavy atom. The predicted octanol–water partition coefficient (Wildman–Crippen LogP) is 5.31. The van der Waals surface area contributed by atoms with Crippen LogP contribution in [-0.4, -0.2) is 23.7 Å². The molecule has 0 unspecified atom stereocenters. The molecule has 2 heteroatoms. The molecule has 0 aliphatic carbocycles.